The van der Waals surface area contributed by atoms with Gasteiger partial charge in [0, 0.05) is 18.3 Å². The van der Waals surface area contributed by atoms with Crippen LogP contribution in [0.1, 0.15) is 39.5 Å². The minimum atomic E-state index is 0.489. The first kappa shape index (κ1) is 11.4. The standard InChI is InChI=1S/C12H22N2/c1-4-7-11(13)10-8-6-9-14(3)12(10)5-2/h8,12-13H,4-7,9H2,1-3H3. The summed E-state index contributed by atoms with van der Waals surface area (Å²) in [5.74, 6) is 0. The summed E-state index contributed by atoms with van der Waals surface area (Å²) < 4.78 is 0. The van der Waals surface area contributed by atoms with E-state index in [-0.39, 0.29) is 0 Å². The van der Waals surface area contributed by atoms with Crippen molar-refractivity contribution in [2.24, 2.45) is 0 Å². The van der Waals surface area contributed by atoms with Gasteiger partial charge in [-0.15, -0.1) is 0 Å². The van der Waals surface area contributed by atoms with E-state index < -0.39 is 0 Å². The first-order valence-corrected chi connectivity index (χ1v) is 5.68. The predicted molar refractivity (Wildman–Crippen MR) is 62.0 cm³/mol. The molecule has 1 rings (SSSR count). The topological polar surface area (TPSA) is 27.1 Å². The summed E-state index contributed by atoms with van der Waals surface area (Å²) in [5, 5.41) is 8.01. The lowest BCUT2D eigenvalue weighted by molar-refractivity contribution is 0.262. The maximum absolute atomic E-state index is 8.01. The van der Waals surface area contributed by atoms with E-state index in [1.54, 1.807) is 0 Å². The fraction of sp³-hybridized carbons (Fsp3) is 0.750. The van der Waals surface area contributed by atoms with Gasteiger partial charge >= 0.3 is 0 Å². The van der Waals surface area contributed by atoms with Crippen LogP contribution < -0.4 is 0 Å². The summed E-state index contributed by atoms with van der Waals surface area (Å²) in [6, 6.07) is 0.489. The Bertz CT molecular complexity index is 230. The zero-order valence-electron chi connectivity index (χ0n) is 9.64. The molecule has 0 saturated carbocycles. The zero-order chi connectivity index (χ0) is 10.6. The Balaban J connectivity index is 2.73. The number of rotatable bonds is 4. The van der Waals surface area contributed by atoms with Crippen LogP contribution >= 0.6 is 0 Å². The summed E-state index contributed by atoms with van der Waals surface area (Å²) in [4.78, 5) is 2.37. The zero-order valence-corrected chi connectivity index (χ0v) is 9.64. The Morgan fingerprint density at radius 3 is 2.86 bits per heavy atom. The lowest BCUT2D eigenvalue weighted by Gasteiger charge is -2.33. The Hall–Kier alpha value is -0.630. The molecular weight excluding hydrogens is 172 g/mol. The second kappa shape index (κ2) is 5.30. The third-order valence-electron chi connectivity index (χ3n) is 2.97. The van der Waals surface area contributed by atoms with E-state index in [2.05, 4.69) is 31.9 Å². The van der Waals surface area contributed by atoms with Crippen molar-refractivity contribution in [2.75, 3.05) is 13.6 Å². The smallest absolute Gasteiger partial charge is 0.0358 e. The van der Waals surface area contributed by atoms with Crippen molar-refractivity contribution in [1.82, 2.24) is 4.90 Å². The molecule has 1 N–H and O–H groups in total. The van der Waals surface area contributed by atoms with Crippen LogP contribution in [0, 0.1) is 5.41 Å². The van der Waals surface area contributed by atoms with Gasteiger partial charge in [0.05, 0.1) is 0 Å². The molecule has 2 nitrogen and oxygen atoms in total. The predicted octanol–water partition coefficient (Wildman–Crippen LogP) is 2.85. The first-order chi connectivity index (χ1) is 6.70. The maximum atomic E-state index is 8.01. The summed E-state index contributed by atoms with van der Waals surface area (Å²) in [6.07, 6.45) is 6.50. The van der Waals surface area contributed by atoms with Gasteiger partial charge in [-0.2, -0.15) is 0 Å². The fourth-order valence-corrected chi connectivity index (χ4v) is 2.20. The van der Waals surface area contributed by atoms with E-state index in [1.165, 1.54) is 5.57 Å². The number of nitrogens with one attached hydrogen (secondary N) is 1. The molecule has 0 spiro atoms. The second-order valence-corrected chi connectivity index (χ2v) is 4.08. The van der Waals surface area contributed by atoms with Gasteiger partial charge in [0.1, 0.15) is 0 Å². The van der Waals surface area contributed by atoms with E-state index in [1.807, 2.05) is 0 Å². The molecule has 0 aromatic rings. The van der Waals surface area contributed by atoms with Crippen LogP contribution in [0.15, 0.2) is 11.6 Å². The SMILES string of the molecule is CCCC(=N)C1=CCCN(C)C1CC. The van der Waals surface area contributed by atoms with Crippen molar-refractivity contribution in [2.45, 2.75) is 45.6 Å². The molecule has 1 heterocycles. The normalized spacial score (nSPS) is 23.4. The van der Waals surface area contributed by atoms with Crippen molar-refractivity contribution in [1.29, 1.82) is 5.41 Å². The minimum absolute atomic E-state index is 0.489. The summed E-state index contributed by atoms with van der Waals surface area (Å²) >= 11 is 0. The molecule has 0 saturated heterocycles. The Labute approximate surface area is 87.5 Å². The highest BCUT2D eigenvalue weighted by Crippen LogP contribution is 2.21. The van der Waals surface area contributed by atoms with E-state index in [9.17, 15) is 0 Å². The monoisotopic (exact) mass is 194 g/mol. The van der Waals surface area contributed by atoms with Crippen LogP contribution in [0.3, 0.4) is 0 Å². The van der Waals surface area contributed by atoms with E-state index in [0.29, 0.717) is 6.04 Å². The number of hydrogen-bond donors (Lipinski definition) is 1. The largest absolute Gasteiger partial charge is 0.305 e. The lowest BCUT2D eigenvalue weighted by Crippen LogP contribution is -2.38. The van der Waals surface area contributed by atoms with Gasteiger partial charge in [-0.1, -0.05) is 26.3 Å². The number of hydrogen-bond acceptors (Lipinski definition) is 2. The Morgan fingerprint density at radius 1 is 1.57 bits per heavy atom. The van der Waals surface area contributed by atoms with Crippen LogP contribution in [-0.2, 0) is 0 Å². The van der Waals surface area contributed by atoms with E-state index in [4.69, 9.17) is 5.41 Å². The molecule has 2 heteroatoms. The van der Waals surface area contributed by atoms with Crippen LogP contribution in [-0.4, -0.2) is 30.2 Å². The molecule has 0 aliphatic carbocycles. The molecule has 0 radical (unpaired) electrons. The van der Waals surface area contributed by atoms with E-state index >= 15 is 0 Å². The average Bonchev–Trinajstić information content (AvgIpc) is 2.17. The second-order valence-electron chi connectivity index (χ2n) is 4.08. The van der Waals surface area contributed by atoms with Gasteiger partial charge in [-0.05, 0) is 31.9 Å². The van der Waals surface area contributed by atoms with Crippen molar-refractivity contribution in [3.05, 3.63) is 11.6 Å². The number of likely N-dealkylation sites (N-methyl/N-ethyl adjacent to an activating group) is 1. The van der Waals surface area contributed by atoms with Gasteiger partial charge < -0.3 is 5.41 Å². The molecule has 1 aliphatic rings. The van der Waals surface area contributed by atoms with Crippen LogP contribution in [0.4, 0.5) is 0 Å². The summed E-state index contributed by atoms with van der Waals surface area (Å²) in [5.41, 5.74) is 2.13. The highest BCUT2D eigenvalue weighted by atomic mass is 15.1. The molecule has 80 valence electrons. The summed E-state index contributed by atoms with van der Waals surface area (Å²) in [7, 11) is 2.17. The minimum Gasteiger partial charge on any atom is -0.305 e. The third-order valence-corrected chi connectivity index (χ3v) is 2.97. The molecule has 0 aromatic carbocycles. The first-order valence-electron chi connectivity index (χ1n) is 5.68. The molecule has 1 aliphatic heterocycles. The van der Waals surface area contributed by atoms with Gasteiger partial charge in [0.25, 0.3) is 0 Å². The maximum Gasteiger partial charge on any atom is 0.0358 e. The van der Waals surface area contributed by atoms with Crippen molar-refractivity contribution < 1.29 is 0 Å². The van der Waals surface area contributed by atoms with E-state index in [0.717, 1.165) is 37.9 Å². The number of nitrogens with zero attached hydrogens (tertiary/aromatic N) is 1. The van der Waals surface area contributed by atoms with Gasteiger partial charge in [0.15, 0.2) is 0 Å². The quantitative estimate of drug-likeness (QED) is 0.684. The fourth-order valence-electron chi connectivity index (χ4n) is 2.20. The van der Waals surface area contributed by atoms with Crippen LogP contribution in [0.25, 0.3) is 0 Å². The van der Waals surface area contributed by atoms with Crippen LogP contribution in [0.5, 0.6) is 0 Å². The highest BCUT2D eigenvalue weighted by Gasteiger charge is 2.22. The third kappa shape index (κ3) is 2.44. The molecule has 14 heavy (non-hydrogen) atoms. The van der Waals surface area contributed by atoms with Gasteiger partial charge in [-0.3, -0.25) is 4.90 Å². The molecular formula is C12H22N2. The Kier molecular flexibility index (Phi) is 4.33. The highest BCUT2D eigenvalue weighted by molar-refractivity contribution is 5.98. The molecule has 0 fully saturated rings. The molecule has 0 aromatic heterocycles. The van der Waals surface area contributed by atoms with Crippen molar-refractivity contribution in [3.8, 4) is 0 Å². The average molecular weight is 194 g/mol. The molecule has 0 amide bonds. The van der Waals surface area contributed by atoms with Crippen molar-refractivity contribution >= 4 is 5.71 Å². The Morgan fingerprint density at radius 2 is 2.29 bits per heavy atom. The van der Waals surface area contributed by atoms with Gasteiger partial charge in [0.2, 0.25) is 0 Å². The van der Waals surface area contributed by atoms with Gasteiger partial charge in [-0.25, -0.2) is 0 Å². The molecule has 1 atom stereocenters. The van der Waals surface area contributed by atoms with Crippen molar-refractivity contribution in [3.63, 3.8) is 0 Å². The lowest BCUT2D eigenvalue weighted by atomic mass is 9.92. The summed E-state index contributed by atoms with van der Waals surface area (Å²) in [6.45, 7) is 5.49. The molecule has 0 bridgehead atoms. The van der Waals surface area contributed by atoms with Crippen LogP contribution in [0.2, 0.25) is 0 Å². The molecule has 1 unspecified atom stereocenters.